The molecule has 0 amide bonds. The molecule has 0 bridgehead atoms. The summed E-state index contributed by atoms with van der Waals surface area (Å²) in [4.78, 5) is 11.8. The Morgan fingerprint density at radius 1 is 1.54 bits per heavy atom. The summed E-state index contributed by atoms with van der Waals surface area (Å²) in [6, 6.07) is 0.658. The van der Waals surface area contributed by atoms with Crippen LogP contribution >= 0.6 is 0 Å². The zero-order chi connectivity index (χ0) is 9.84. The van der Waals surface area contributed by atoms with Crippen molar-refractivity contribution in [2.45, 2.75) is 58.5 Å². The van der Waals surface area contributed by atoms with Gasteiger partial charge in [0.2, 0.25) is 0 Å². The van der Waals surface area contributed by atoms with Gasteiger partial charge in [-0.2, -0.15) is 0 Å². The number of nitrogens with one attached hydrogen (secondary N) is 1. The van der Waals surface area contributed by atoms with Crippen LogP contribution in [0, 0.1) is 5.92 Å². The molecule has 1 aliphatic rings. The van der Waals surface area contributed by atoms with E-state index in [-0.39, 0.29) is 12.0 Å². The molecule has 0 aliphatic carbocycles. The minimum absolute atomic E-state index is 0.138. The van der Waals surface area contributed by atoms with Gasteiger partial charge >= 0.3 is 0 Å². The first-order chi connectivity index (χ1) is 6.15. The second-order valence-electron chi connectivity index (χ2n) is 4.26. The minimum Gasteiger partial charge on any atom is -0.305 e. The van der Waals surface area contributed by atoms with Gasteiger partial charge < -0.3 is 5.32 Å². The van der Waals surface area contributed by atoms with Gasteiger partial charge in [0.15, 0.2) is 5.78 Å². The molecule has 3 atom stereocenters. The summed E-state index contributed by atoms with van der Waals surface area (Å²) < 4.78 is 0. The summed E-state index contributed by atoms with van der Waals surface area (Å²) in [7, 11) is 0. The number of carbonyl (C=O) groups excluding carboxylic acids is 1. The lowest BCUT2D eigenvalue weighted by atomic mass is 9.90. The third-order valence-electron chi connectivity index (χ3n) is 3.06. The first-order valence-corrected chi connectivity index (χ1v) is 5.45. The lowest BCUT2D eigenvalue weighted by Gasteiger charge is -2.29. The molecule has 1 aliphatic heterocycles. The topological polar surface area (TPSA) is 29.1 Å². The van der Waals surface area contributed by atoms with Crippen molar-refractivity contribution in [2.75, 3.05) is 0 Å². The van der Waals surface area contributed by atoms with Crippen LogP contribution in [0.4, 0.5) is 0 Å². The van der Waals surface area contributed by atoms with E-state index >= 15 is 0 Å². The van der Waals surface area contributed by atoms with Gasteiger partial charge in [0.05, 0.1) is 6.04 Å². The minimum atomic E-state index is 0.138. The molecule has 1 N–H and O–H groups in total. The fraction of sp³-hybridized carbons (Fsp3) is 0.909. The normalized spacial score (nSPS) is 31.3. The van der Waals surface area contributed by atoms with Gasteiger partial charge in [-0.3, -0.25) is 4.79 Å². The zero-order valence-electron chi connectivity index (χ0n) is 8.97. The molecule has 1 heterocycles. The standard InChI is InChI=1S/C11H21NO/c1-4-8(2)11(13)10-7-5-6-9(3)12-10/h8-10,12H,4-7H2,1-3H3/t8?,9-,10+/m1/s1. The Morgan fingerprint density at radius 3 is 2.77 bits per heavy atom. The summed E-state index contributed by atoms with van der Waals surface area (Å²) in [5.74, 6) is 0.636. The second kappa shape index (κ2) is 4.75. The quantitative estimate of drug-likeness (QED) is 0.726. The SMILES string of the molecule is CCC(C)C(=O)[C@@H]1CCC[C@@H](C)N1. The third-order valence-corrected chi connectivity index (χ3v) is 3.06. The number of Topliss-reactive ketones (excluding diaryl/α,β-unsaturated/α-hetero) is 1. The van der Waals surface area contributed by atoms with Crippen LogP contribution in [0.15, 0.2) is 0 Å². The van der Waals surface area contributed by atoms with Crippen molar-refractivity contribution in [1.82, 2.24) is 5.32 Å². The monoisotopic (exact) mass is 183 g/mol. The molecule has 0 aromatic heterocycles. The van der Waals surface area contributed by atoms with Crippen molar-refractivity contribution in [3.63, 3.8) is 0 Å². The summed E-state index contributed by atoms with van der Waals surface area (Å²) in [6.45, 7) is 6.27. The first-order valence-electron chi connectivity index (χ1n) is 5.45. The van der Waals surface area contributed by atoms with Crippen molar-refractivity contribution in [3.8, 4) is 0 Å². The number of hydrogen-bond acceptors (Lipinski definition) is 2. The van der Waals surface area contributed by atoms with Crippen LogP contribution < -0.4 is 5.32 Å². The van der Waals surface area contributed by atoms with E-state index in [0.29, 0.717) is 11.8 Å². The van der Waals surface area contributed by atoms with Crippen LogP contribution in [0.25, 0.3) is 0 Å². The second-order valence-corrected chi connectivity index (χ2v) is 4.26. The molecule has 13 heavy (non-hydrogen) atoms. The molecule has 1 saturated heterocycles. The molecule has 0 aromatic carbocycles. The Labute approximate surface area is 81.1 Å². The summed E-state index contributed by atoms with van der Waals surface area (Å²) in [6.07, 6.45) is 4.41. The molecule has 0 radical (unpaired) electrons. The summed E-state index contributed by atoms with van der Waals surface area (Å²) in [5, 5.41) is 3.38. The van der Waals surface area contributed by atoms with Gasteiger partial charge in [0.25, 0.3) is 0 Å². The molecular formula is C11H21NO. The number of carbonyl (C=O) groups is 1. The maximum absolute atomic E-state index is 11.8. The number of hydrogen-bond donors (Lipinski definition) is 1. The van der Waals surface area contributed by atoms with Gasteiger partial charge in [-0.1, -0.05) is 13.8 Å². The third kappa shape index (κ3) is 2.80. The zero-order valence-corrected chi connectivity index (χ0v) is 8.97. The average molecular weight is 183 g/mol. The Morgan fingerprint density at radius 2 is 2.23 bits per heavy atom. The van der Waals surface area contributed by atoms with E-state index in [1.54, 1.807) is 0 Å². The molecular weight excluding hydrogens is 162 g/mol. The number of piperidine rings is 1. The van der Waals surface area contributed by atoms with Crippen molar-refractivity contribution in [1.29, 1.82) is 0 Å². The highest BCUT2D eigenvalue weighted by molar-refractivity contribution is 5.86. The molecule has 1 unspecified atom stereocenters. The Bertz CT molecular complexity index is 179. The van der Waals surface area contributed by atoms with E-state index < -0.39 is 0 Å². The highest BCUT2D eigenvalue weighted by Crippen LogP contribution is 2.16. The van der Waals surface area contributed by atoms with Crippen LogP contribution in [-0.4, -0.2) is 17.9 Å². The lowest BCUT2D eigenvalue weighted by Crippen LogP contribution is -2.47. The maximum Gasteiger partial charge on any atom is 0.152 e. The van der Waals surface area contributed by atoms with Crippen LogP contribution in [0.2, 0.25) is 0 Å². The van der Waals surface area contributed by atoms with Crippen molar-refractivity contribution in [3.05, 3.63) is 0 Å². The molecule has 2 heteroatoms. The van der Waals surface area contributed by atoms with Crippen LogP contribution in [0.5, 0.6) is 0 Å². The van der Waals surface area contributed by atoms with E-state index in [4.69, 9.17) is 0 Å². The largest absolute Gasteiger partial charge is 0.305 e. The van der Waals surface area contributed by atoms with Crippen LogP contribution in [0.1, 0.15) is 46.5 Å². The Kier molecular flexibility index (Phi) is 3.91. The molecule has 0 saturated carbocycles. The predicted molar refractivity (Wildman–Crippen MR) is 54.7 cm³/mol. The fourth-order valence-electron chi connectivity index (χ4n) is 1.91. The van der Waals surface area contributed by atoms with E-state index in [9.17, 15) is 4.79 Å². The van der Waals surface area contributed by atoms with E-state index in [1.165, 1.54) is 12.8 Å². The van der Waals surface area contributed by atoms with E-state index in [2.05, 4.69) is 19.2 Å². The Hall–Kier alpha value is -0.370. The average Bonchev–Trinajstić information content (AvgIpc) is 2.15. The first kappa shape index (κ1) is 10.7. The van der Waals surface area contributed by atoms with Crippen molar-refractivity contribution in [2.24, 2.45) is 5.92 Å². The van der Waals surface area contributed by atoms with Crippen LogP contribution in [0.3, 0.4) is 0 Å². The van der Waals surface area contributed by atoms with Gasteiger partial charge in [-0.05, 0) is 32.6 Å². The van der Waals surface area contributed by atoms with E-state index in [0.717, 1.165) is 12.8 Å². The molecule has 2 nitrogen and oxygen atoms in total. The predicted octanol–water partition coefficient (Wildman–Crippen LogP) is 2.13. The van der Waals surface area contributed by atoms with Crippen molar-refractivity contribution < 1.29 is 4.79 Å². The molecule has 0 spiro atoms. The summed E-state index contributed by atoms with van der Waals surface area (Å²) in [5.41, 5.74) is 0. The smallest absolute Gasteiger partial charge is 0.152 e. The highest BCUT2D eigenvalue weighted by atomic mass is 16.1. The van der Waals surface area contributed by atoms with Crippen molar-refractivity contribution >= 4 is 5.78 Å². The van der Waals surface area contributed by atoms with Crippen LogP contribution in [-0.2, 0) is 4.79 Å². The number of rotatable bonds is 3. The summed E-state index contributed by atoms with van der Waals surface area (Å²) >= 11 is 0. The van der Waals surface area contributed by atoms with Gasteiger partial charge in [-0.15, -0.1) is 0 Å². The molecule has 0 aromatic rings. The highest BCUT2D eigenvalue weighted by Gasteiger charge is 2.26. The lowest BCUT2D eigenvalue weighted by molar-refractivity contribution is -0.125. The Balaban J connectivity index is 2.46. The molecule has 1 rings (SSSR count). The maximum atomic E-state index is 11.8. The number of ketones is 1. The molecule has 1 fully saturated rings. The van der Waals surface area contributed by atoms with E-state index in [1.807, 2.05) is 6.92 Å². The van der Waals surface area contributed by atoms with Gasteiger partial charge in [0, 0.05) is 12.0 Å². The van der Waals surface area contributed by atoms with Gasteiger partial charge in [-0.25, -0.2) is 0 Å². The molecule has 76 valence electrons. The fourth-order valence-corrected chi connectivity index (χ4v) is 1.91. The van der Waals surface area contributed by atoms with Gasteiger partial charge in [0.1, 0.15) is 0 Å².